The molecule has 0 aliphatic carbocycles. The van der Waals surface area contributed by atoms with Crippen LogP contribution in [0.2, 0.25) is 0 Å². The molecule has 2 heterocycles. The average Bonchev–Trinajstić information content (AvgIpc) is 2.79. The fourth-order valence-corrected chi connectivity index (χ4v) is 4.28. The first-order valence-electron chi connectivity index (χ1n) is 11.4. The van der Waals surface area contributed by atoms with E-state index < -0.39 is 0 Å². The first-order chi connectivity index (χ1) is 15.1. The van der Waals surface area contributed by atoms with Gasteiger partial charge in [-0.1, -0.05) is 30.3 Å². The fraction of sp³-hybridized carbons (Fsp3) is 0.480. The highest BCUT2D eigenvalue weighted by Crippen LogP contribution is 2.30. The Bertz CT molecular complexity index is 876. The van der Waals surface area contributed by atoms with E-state index in [1.807, 2.05) is 0 Å². The second-order valence-corrected chi connectivity index (χ2v) is 8.80. The van der Waals surface area contributed by atoms with Crippen molar-refractivity contribution in [1.82, 2.24) is 20.4 Å². The van der Waals surface area contributed by atoms with E-state index in [0.717, 1.165) is 63.5 Å². The molecule has 2 aliphatic heterocycles. The van der Waals surface area contributed by atoms with E-state index in [1.165, 1.54) is 16.7 Å². The summed E-state index contributed by atoms with van der Waals surface area (Å²) < 4.78 is 5.71. The third kappa shape index (κ3) is 5.99. The summed E-state index contributed by atoms with van der Waals surface area (Å²) in [6.07, 6.45) is 2.16. The lowest BCUT2D eigenvalue weighted by Gasteiger charge is -2.34. The molecule has 0 saturated carbocycles. The van der Waals surface area contributed by atoms with Crippen LogP contribution in [0, 0.1) is 0 Å². The number of fused-ring (bicyclic) bond motifs is 1. The van der Waals surface area contributed by atoms with Gasteiger partial charge >= 0.3 is 6.03 Å². The second kappa shape index (κ2) is 10.2. The number of amides is 2. The summed E-state index contributed by atoms with van der Waals surface area (Å²) in [5.41, 5.74) is 4.77. The number of hydrogen-bond donors (Lipinski definition) is 2. The van der Waals surface area contributed by atoms with Gasteiger partial charge in [0.15, 0.2) is 0 Å². The third-order valence-corrected chi connectivity index (χ3v) is 6.15. The molecule has 166 valence electrons. The highest BCUT2D eigenvalue weighted by molar-refractivity contribution is 5.74. The SMILES string of the molecule is CC(CN1CCN(C)CC1)NC(=O)NCc1ccc(-c2ccc3c(c2)CCCO3)cc1. The van der Waals surface area contributed by atoms with Crippen LogP contribution < -0.4 is 15.4 Å². The number of ether oxygens (including phenoxy) is 1. The molecule has 2 N–H and O–H groups in total. The zero-order valence-electron chi connectivity index (χ0n) is 18.7. The molecule has 1 unspecified atom stereocenters. The third-order valence-electron chi connectivity index (χ3n) is 6.15. The molecule has 31 heavy (non-hydrogen) atoms. The number of rotatable bonds is 6. The number of urea groups is 1. The quantitative estimate of drug-likeness (QED) is 0.751. The van der Waals surface area contributed by atoms with Crippen LogP contribution in [0.15, 0.2) is 42.5 Å². The molecule has 6 nitrogen and oxygen atoms in total. The van der Waals surface area contributed by atoms with Crippen molar-refractivity contribution < 1.29 is 9.53 Å². The second-order valence-electron chi connectivity index (χ2n) is 8.80. The lowest BCUT2D eigenvalue weighted by Crippen LogP contribution is -2.51. The van der Waals surface area contributed by atoms with E-state index in [1.54, 1.807) is 0 Å². The Labute approximate surface area is 185 Å². The van der Waals surface area contributed by atoms with Crippen LogP contribution in [0.1, 0.15) is 24.5 Å². The van der Waals surface area contributed by atoms with Gasteiger partial charge < -0.3 is 20.3 Å². The maximum absolute atomic E-state index is 12.3. The standard InChI is InChI=1S/C25H34N4O2/c1-19(18-29-13-11-28(2)12-14-29)27-25(30)26-17-20-5-7-21(8-6-20)22-9-10-24-23(16-22)4-3-15-31-24/h5-10,16,19H,3-4,11-15,17-18H2,1-2H3,(H2,26,27,30). The van der Waals surface area contributed by atoms with Crippen LogP contribution in [0.3, 0.4) is 0 Å². The van der Waals surface area contributed by atoms with Crippen molar-refractivity contribution >= 4 is 6.03 Å². The predicted octanol–water partition coefficient (Wildman–Crippen LogP) is 3.11. The van der Waals surface area contributed by atoms with Crippen LogP contribution in [0.4, 0.5) is 4.79 Å². The molecule has 2 aromatic rings. The van der Waals surface area contributed by atoms with E-state index in [9.17, 15) is 4.79 Å². The van der Waals surface area contributed by atoms with Crippen LogP contribution in [0.5, 0.6) is 5.75 Å². The molecule has 0 radical (unpaired) electrons. The fourth-order valence-electron chi connectivity index (χ4n) is 4.28. The average molecular weight is 423 g/mol. The van der Waals surface area contributed by atoms with E-state index in [0.29, 0.717) is 6.54 Å². The molecule has 2 aromatic carbocycles. The lowest BCUT2D eigenvalue weighted by molar-refractivity contribution is 0.144. The Morgan fingerprint density at radius 3 is 2.58 bits per heavy atom. The lowest BCUT2D eigenvalue weighted by atomic mass is 9.98. The molecule has 2 aliphatic rings. The number of nitrogens with zero attached hydrogens (tertiary/aromatic N) is 2. The van der Waals surface area contributed by atoms with Gasteiger partial charge in [0.25, 0.3) is 0 Å². The van der Waals surface area contributed by atoms with Crippen molar-refractivity contribution in [1.29, 1.82) is 0 Å². The Morgan fingerprint density at radius 1 is 1.06 bits per heavy atom. The van der Waals surface area contributed by atoms with E-state index in [4.69, 9.17) is 4.74 Å². The normalized spacial score (nSPS) is 18.0. The van der Waals surface area contributed by atoms with Crippen molar-refractivity contribution in [3.8, 4) is 16.9 Å². The van der Waals surface area contributed by atoms with E-state index >= 15 is 0 Å². The number of carbonyl (C=O) groups excluding carboxylic acids is 1. The number of benzene rings is 2. The molecule has 6 heteroatoms. The van der Waals surface area contributed by atoms with Crippen LogP contribution in [-0.2, 0) is 13.0 Å². The molecular weight excluding hydrogens is 388 g/mol. The molecule has 4 rings (SSSR count). The summed E-state index contributed by atoms with van der Waals surface area (Å²) in [5, 5.41) is 6.04. The van der Waals surface area contributed by atoms with Crippen molar-refractivity contribution in [2.75, 3.05) is 46.4 Å². The van der Waals surface area contributed by atoms with E-state index in [-0.39, 0.29) is 12.1 Å². The number of hydrogen-bond acceptors (Lipinski definition) is 4. The van der Waals surface area contributed by atoms with Gasteiger partial charge in [0.05, 0.1) is 6.61 Å². The summed E-state index contributed by atoms with van der Waals surface area (Å²) in [4.78, 5) is 17.0. The minimum absolute atomic E-state index is 0.111. The summed E-state index contributed by atoms with van der Waals surface area (Å²) in [5.74, 6) is 1.02. The number of likely N-dealkylation sites (N-methyl/N-ethyl adjacent to an activating group) is 1. The van der Waals surface area contributed by atoms with Crippen LogP contribution >= 0.6 is 0 Å². The highest BCUT2D eigenvalue weighted by Gasteiger charge is 2.17. The predicted molar refractivity (Wildman–Crippen MR) is 124 cm³/mol. The van der Waals surface area contributed by atoms with Crippen molar-refractivity contribution in [3.05, 3.63) is 53.6 Å². The molecule has 1 atom stereocenters. The maximum atomic E-state index is 12.3. The molecule has 0 aromatic heterocycles. The Hall–Kier alpha value is -2.57. The highest BCUT2D eigenvalue weighted by atomic mass is 16.5. The van der Waals surface area contributed by atoms with Gasteiger partial charge in [0.2, 0.25) is 0 Å². The Balaban J connectivity index is 1.24. The summed E-state index contributed by atoms with van der Waals surface area (Å²) >= 11 is 0. The molecule has 0 spiro atoms. The van der Waals surface area contributed by atoms with Gasteiger partial charge in [-0.15, -0.1) is 0 Å². The summed E-state index contributed by atoms with van der Waals surface area (Å²) in [6, 6.07) is 14.8. The van der Waals surface area contributed by atoms with Gasteiger partial charge in [-0.2, -0.15) is 0 Å². The Kier molecular flexibility index (Phi) is 7.10. The van der Waals surface area contributed by atoms with Crippen LogP contribution in [0.25, 0.3) is 11.1 Å². The van der Waals surface area contributed by atoms with E-state index in [2.05, 4.69) is 76.9 Å². The molecule has 1 saturated heterocycles. The smallest absolute Gasteiger partial charge is 0.315 e. The first kappa shape index (κ1) is 21.7. The number of nitrogens with one attached hydrogen (secondary N) is 2. The number of aryl methyl sites for hydroxylation is 1. The van der Waals surface area contributed by atoms with Crippen LogP contribution in [-0.4, -0.2) is 68.3 Å². The zero-order valence-corrected chi connectivity index (χ0v) is 18.7. The minimum Gasteiger partial charge on any atom is -0.493 e. The molecular formula is C25H34N4O2. The van der Waals surface area contributed by atoms with Crippen molar-refractivity contribution in [3.63, 3.8) is 0 Å². The largest absolute Gasteiger partial charge is 0.493 e. The maximum Gasteiger partial charge on any atom is 0.315 e. The zero-order chi connectivity index (χ0) is 21.6. The number of carbonyl (C=O) groups is 1. The summed E-state index contributed by atoms with van der Waals surface area (Å²) in [6.45, 7) is 8.60. The van der Waals surface area contributed by atoms with Crippen molar-refractivity contribution in [2.24, 2.45) is 0 Å². The van der Waals surface area contributed by atoms with Crippen molar-refractivity contribution in [2.45, 2.75) is 32.4 Å². The topological polar surface area (TPSA) is 56.8 Å². The first-order valence-corrected chi connectivity index (χ1v) is 11.4. The Morgan fingerprint density at radius 2 is 1.81 bits per heavy atom. The van der Waals surface area contributed by atoms with Gasteiger partial charge in [0, 0.05) is 45.3 Å². The van der Waals surface area contributed by atoms with Gasteiger partial charge in [-0.05, 0) is 61.2 Å². The summed E-state index contributed by atoms with van der Waals surface area (Å²) in [7, 11) is 2.15. The number of piperazine rings is 1. The van der Waals surface area contributed by atoms with Gasteiger partial charge in [0.1, 0.15) is 5.75 Å². The molecule has 2 amide bonds. The monoisotopic (exact) mass is 422 g/mol. The molecule has 1 fully saturated rings. The van der Waals surface area contributed by atoms with Gasteiger partial charge in [-0.25, -0.2) is 4.79 Å². The molecule has 0 bridgehead atoms. The van der Waals surface area contributed by atoms with Gasteiger partial charge in [-0.3, -0.25) is 4.90 Å². The minimum atomic E-state index is -0.111.